The molecule has 4 aromatic carbocycles. The van der Waals surface area contributed by atoms with E-state index in [9.17, 15) is 91.2 Å². The molecule has 12 aliphatic rings. The molecule has 9 saturated heterocycles. The van der Waals surface area contributed by atoms with Gasteiger partial charge in [-0.25, -0.2) is 23.2 Å². The summed E-state index contributed by atoms with van der Waals surface area (Å²) >= 11 is 4.29. The van der Waals surface area contributed by atoms with Crippen molar-refractivity contribution in [2.24, 2.45) is 35.5 Å². The van der Waals surface area contributed by atoms with Gasteiger partial charge < -0.3 is 86.9 Å². The molecule has 19 rings (SSSR count). The van der Waals surface area contributed by atoms with E-state index in [1.54, 1.807) is 6.07 Å². The first kappa shape index (κ1) is 103. The van der Waals surface area contributed by atoms with Crippen molar-refractivity contribution in [3.63, 3.8) is 0 Å². The minimum Gasteiger partial charge on any atom is -0.542 e. The fourth-order valence-electron chi connectivity index (χ4n) is 20.1. The number of nitrogens with zero attached hydrogens (tertiary/aromatic N) is 3. The second-order valence-corrected chi connectivity index (χ2v) is 38.4. The minimum absolute atomic E-state index is 0.0493. The first-order chi connectivity index (χ1) is 62.5. The fourth-order valence-corrected chi connectivity index (χ4v) is 22.8. The molecule has 7 aromatic rings. The van der Waals surface area contributed by atoms with Gasteiger partial charge in [0, 0.05) is 114 Å². The number of carboxylic acids is 3. The van der Waals surface area contributed by atoms with Gasteiger partial charge in [0.1, 0.15) is 54.9 Å². The average molecular weight is 1930 g/mol. The van der Waals surface area contributed by atoms with Crippen LogP contribution in [-0.4, -0.2) is 200 Å². The third-order valence-corrected chi connectivity index (χ3v) is 30.2. The molecule has 0 spiro atoms. The molecule has 3 aromatic heterocycles. The Labute approximate surface area is 766 Å². The number of quaternary nitrogens is 3. The van der Waals surface area contributed by atoms with Gasteiger partial charge in [-0.1, -0.05) is 105 Å². The molecule has 3 N–H and O–H groups in total. The number of aliphatic carboxylic acids is 3. The monoisotopic (exact) mass is 1930 g/mol. The van der Waals surface area contributed by atoms with Crippen molar-refractivity contribution in [1.29, 1.82) is 0 Å². The Morgan fingerprint density at radius 3 is 1.01 bits per heavy atom. The molecule has 0 radical (unpaired) electrons. The lowest BCUT2D eigenvalue weighted by molar-refractivity contribution is -0.946. The Morgan fingerprint density at radius 1 is 0.371 bits per heavy atom. The maximum absolute atomic E-state index is 13.8. The molecule has 0 amide bonds. The van der Waals surface area contributed by atoms with Crippen LogP contribution in [0.4, 0.5) is 61.5 Å². The molecule has 12 heterocycles. The molecule has 12 fully saturated rings. The molecule has 132 heavy (non-hydrogen) atoms. The molecule has 0 unspecified atom stereocenters. The van der Waals surface area contributed by atoms with Gasteiger partial charge in [-0.3, -0.25) is 0 Å². The summed E-state index contributed by atoms with van der Waals surface area (Å²) in [5, 5.41) is 67.3. The zero-order chi connectivity index (χ0) is 95.5. The molecular formula is C94H109F14N3O18S3. The number of thiophene rings is 3. The van der Waals surface area contributed by atoms with Crippen molar-refractivity contribution in [1.82, 2.24) is 0 Å². The highest BCUT2D eigenvalue weighted by atomic mass is 32.1. The number of carboxylic acid groups (broad SMARTS) is 3. The van der Waals surface area contributed by atoms with E-state index in [0.717, 1.165) is 243 Å². The summed E-state index contributed by atoms with van der Waals surface area (Å²) in [4.78, 5) is 69.1. The summed E-state index contributed by atoms with van der Waals surface area (Å²) < 4.78 is 199. The van der Waals surface area contributed by atoms with Gasteiger partial charge in [0.25, 0.3) is 0 Å². The zero-order valence-electron chi connectivity index (χ0n) is 72.4. The number of hydrogen-bond acceptors (Lipinski definition) is 21. The van der Waals surface area contributed by atoms with Crippen molar-refractivity contribution in [3.05, 3.63) is 181 Å². The molecule has 6 bridgehead atoms. The Hall–Kier alpha value is -9.02. The van der Waals surface area contributed by atoms with Gasteiger partial charge in [-0.2, -0.15) is 52.7 Å². The molecule has 21 nitrogen and oxygen atoms in total. The van der Waals surface area contributed by atoms with Crippen LogP contribution >= 0.6 is 34.0 Å². The number of aliphatic hydroxyl groups is 3. The summed E-state index contributed by atoms with van der Waals surface area (Å²) in [6.07, 6.45) is -0.739. The van der Waals surface area contributed by atoms with Gasteiger partial charge >= 0.3 is 42.6 Å². The van der Waals surface area contributed by atoms with Crippen molar-refractivity contribution >= 4 is 69.8 Å². The number of halogens is 14. The Balaban J connectivity index is 0.000000172. The highest BCUT2D eigenvalue weighted by molar-refractivity contribution is 7.10. The SMILES string of the molecule is O=C(O[C@H]1C[N+]2(CCCOc3ccc(-c4ccccc4)cc3)CCC1CC2)[C@](O)(c1cccs1)C1CCCC1.O=C(O[C@H]1C[N+]2(CCCOc3ccc(F)cc3F)CCC1CC2)[C@](O)(c1cccs1)C1CCCC1.O=C(O[C@H]1C[N+]2(CCCOc3cccc(C(F)(F)F)c3)CCC1CC2)[C@](O)(c1cccs1)C1CCCC1.O=C([O-])C(F)(F)F.O=C([O-])C(F)(F)F.O=C([O-])C(F)(F)F. The number of alkyl halides is 12. The molecule has 6 atom stereocenters. The predicted molar refractivity (Wildman–Crippen MR) is 451 cm³/mol. The van der Waals surface area contributed by atoms with E-state index >= 15 is 0 Å². The van der Waals surface area contributed by atoms with E-state index in [-0.39, 0.29) is 47.6 Å². The number of piperidine rings is 9. The van der Waals surface area contributed by atoms with E-state index in [1.165, 1.54) is 63.3 Å². The number of benzene rings is 4. The number of fused-ring (bicyclic) bond motifs is 9. The van der Waals surface area contributed by atoms with Crippen LogP contribution in [0.25, 0.3) is 11.1 Å². The summed E-state index contributed by atoms with van der Waals surface area (Å²) in [6, 6.07) is 38.3. The standard InChI is InChI=1S/C33H40NO4S.C28H35F3NO4S.C27H34F2NO4S.3C2HF3O2/c35-32(33(36,28-10-4-5-11-28)31-12-6-23-39-31)38-30-24-34(20-17-27(30)18-21-34)19-7-22-37-29-15-13-26(14-16-29)25-8-2-1-3-9-25;29-28(30,31)22-8-3-9-23(18-22)35-16-5-13-32-14-11-20(12-15-32)24(19-32)36-26(33)27(34,21-6-1-2-7-21)25-10-4-17-37-25;28-21-8-9-23(22(29)17-21)33-15-4-12-30-13-10-19(11-14-30)24(18-30)34-26(31)27(32,20-5-1-2-6-20)25-7-3-16-35-25;3*3-2(4,5)1(6)7/h1-3,6,8-9,12-16,23,27-28,30,36H,4-5,7,10-11,17-22,24H2;3-4,8-10,17-18,20-21,24,34H,1-2,5-7,11-16,19H2;3,7-9,16-17,19-20,24,32H,1-2,4-6,10-15,18H2;3*(H,6,7)/q3*+1;;;/p-3/t27?,30-,33+,34?;20?,24-,27+,32?;19?,24-,27+,30?;;;/m000.../s1. The van der Waals surface area contributed by atoms with Crippen LogP contribution in [0, 0.1) is 47.1 Å². The number of carbonyl (C=O) groups excluding carboxylic acids is 6. The molecule has 3 saturated carbocycles. The number of esters is 3. The van der Waals surface area contributed by atoms with Crippen LogP contribution in [0.3, 0.4) is 0 Å². The Bertz CT molecular complexity index is 4780. The van der Waals surface area contributed by atoms with E-state index in [0.29, 0.717) is 60.3 Å². The van der Waals surface area contributed by atoms with Gasteiger partial charge in [-0.05, 0) is 126 Å². The first-order valence-electron chi connectivity index (χ1n) is 44.5. The number of hydrogen-bond donors (Lipinski definition) is 3. The predicted octanol–water partition coefficient (Wildman–Crippen LogP) is 15.1. The van der Waals surface area contributed by atoms with Crippen LogP contribution in [0.15, 0.2) is 150 Å². The molecular weight excluding hydrogens is 1820 g/mol. The second kappa shape index (κ2) is 45.1. The van der Waals surface area contributed by atoms with Crippen molar-refractivity contribution in [2.45, 2.75) is 195 Å². The number of carbonyl (C=O) groups is 6. The van der Waals surface area contributed by atoms with Crippen LogP contribution < -0.4 is 29.5 Å². The van der Waals surface area contributed by atoms with Crippen LogP contribution in [0.1, 0.15) is 155 Å². The quantitative estimate of drug-likeness (QED) is 0.0135. The number of ether oxygens (including phenoxy) is 6. The highest BCUT2D eigenvalue weighted by Gasteiger charge is 2.57. The summed E-state index contributed by atoms with van der Waals surface area (Å²) in [6.45, 7) is 12.7. The normalized spacial score (nSPS) is 24.8. The minimum atomic E-state index is -5.19. The van der Waals surface area contributed by atoms with Gasteiger partial charge in [-0.15, -0.1) is 34.0 Å². The molecule has 38 heteroatoms. The van der Waals surface area contributed by atoms with Crippen LogP contribution in [-0.2, 0) is 66.0 Å². The second-order valence-electron chi connectivity index (χ2n) is 35.6. The fraction of sp³-hybridized carbons (Fsp3) is 0.553. The third-order valence-electron chi connectivity index (χ3n) is 27.2. The van der Waals surface area contributed by atoms with Gasteiger partial charge in [0.05, 0.1) is 84.3 Å². The molecule has 3 aliphatic carbocycles. The first-order valence-corrected chi connectivity index (χ1v) is 47.1. The van der Waals surface area contributed by atoms with Gasteiger partial charge in [0.15, 0.2) is 46.7 Å². The maximum atomic E-state index is 13.8. The van der Waals surface area contributed by atoms with E-state index in [2.05, 4.69) is 48.5 Å². The Morgan fingerprint density at radius 2 is 0.697 bits per heavy atom. The van der Waals surface area contributed by atoms with Crippen molar-refractivity contribution in [2.75, 3.05) is 98.4 Å². The number of rotatable bonds is 28. The summed E-state index contributed by atoms with van der Waals surface area (Å²) in [5.41, 5.74) is -2.97. The maximum Gasteiger partial charge on any atom is 0.430 e. The van der Waals surface area contributed by atoms with E-state index < -0.39 is 94.5 Å². The zero-order valence-corrected chi connectivity index (χ0v) is 74.9. The third kappa shape index (κ3) is 26.8. The lowest BCUT2D eigenvalue weighted by Gasteiger charge is -2.52. The average Bonchev–Trinajstić information content (AvgIpc) is 1.08. The lowest BCUT2D eigenvalue weighted by Crippen LogP contribution is -2.65. The van der Waals surface area contributed by atoms with E-state index in [4.69, 9.17) is 58.1 Å². The van der Waals surface area contributed by atoms with E-state index in [1.807, 2.05) is 58.6 Å². The topological polar surface area (TPSA) is 288 Å². The Kier molecular flexibility index (Phi) is 35.3. The molecule has 9 aliphatic heterocycles. The van der Waals surface area contributed by atoms with Crippen molar-refractivity contribution < 1.29 is 163 Å². The smallest absolute Gasteiger partial charge is 0.430 e. The van der Waals surface area contributed by atoms with Crippen LogP contribution in [0.5, 0.6) is 17.2 Å². The van der Waals surface area contributed by atoms with Crippen molar-refractivity contribution in [3.8, 4) is 28.4 Å². The lowest BCUT2D eigenvalue weighted by atomic mass is 9.82. The van der Waals surface area contributed by atoms with Gasteiger partial charge in [0.2, 0.25) is 0 Å². The van der Waals surface area contributed by atoms with Crippen LogP contribution in [0.2, 0.25) is 0 Å². The molecule has 724 valence electrons. The summed E-state index contributed by atoms with van der Waals surface area (Å²) in [7, 11) is 0. The largest absolute Gasteiger partial charge is 0.542 e. The highest BCUT2D eigenvalue weighted by Crippen LogP contribution is 2.50. The summed E-state index contributed by atoms with van der Waals surface area (Å²) in [5.74, 6) is -9.77.